The second-order valence-corrected chi connectivity index (χ2v) is 10.4. The van der Waals surface area contributed by atoms with Gasteiger partial charge in [0.1, 0.15) is 6.10 Å². The summed E-state index contributed by atoms with van der Waals surface area (Å²) in [6, 6.07) is 6.58. The monoisotopic (exact) mass is 420 g/mol. The topological polar surface area (TPSA) is 32.8 Å². The van der Waals surface area contributed by atoms with Gasteiger partial charge in [0.05, 0.1) is 5.92 Å². The number of anilines is 1. The fraction of sp³-hybridized carbons (Fsp3) is 0.593. The van der Waals surface area contributed by atoms with Crippen LogP contribution in [-0.2, 0) is 9.53 Å². The van der Waals surface area contributed by atoms with Crippen molar-refractivity contribution >= 4 is 11.7 Å². The van der Waals surface area contributed by atoms with Gasteiger partial charge in [0.15, 0.2) is 0 Å². The quantitative estimate of drug-likeness (QED) is 0.666. The van der Waals surface area contributed by atoms with Crippen molar-refractivity contribution in [2.75, 3.05) is 37.6 Å². The van der Waals surface area contributed by atoms with Gasteiger partial charge in [0.2, 0.25) is 0 Å². The molecule has 4 nitrogen and oxygen atoms in total. The van der Waals surface area contributed by atoms with Crippen LogP contribution in [0.25, 0.3) is 0 Å². The third kappa shape index (κ3) is 3.63. The number of hydrogen-bond donors (Lipinski definition) is 0. The van der Waals surface area contributed by atoms with E-state index >= 15 is 0 Å². The van der Waals surface area contributed by atoms with Crippen LogP contribution in [-0.4, -0.2) is 49.7 Å². The summed E-state index contributed by atoms with van der Waals surface area (Å²) < 4.78 is 5.95. The maximum atomic E-state index is 12.9. The Balaban J connectivity index is 1.28. The number of fused-ring (bicyclic) bond motifs is 2. The number of allylic oxidation sites excluding steroid dienone is 3. The Kier molecular flexibility index (Phi) is 5.24. The molecule has 31 heavy (non-hydrogen) atoms. The number of benzene rings is 1. The van der Waals surface area contributed by atoms with Crippen molar-refractivity contribution in [1.29, 1.82) is 0 Å². The van der Waals surface area contributed by atoms with Crippen molar-refractivity contribution < 1.29 is 9.53 Å². The average molecular weight is 421 g/mol. The fourth-order valence-corrected chi connectivity index (χ4v) is 6.37. The van der Waals surface area contributed by atoms with E-state index in [1.807, 2.05) is 0 Å². The molecular weight excluding hydrogens is 384 g/mol. The number of ether oxygens (including phenoxy) is 1. The highest BCUT2D eigenvalue weighted by Gasteiger charge is 2.51. The van der Waals surface area contributed by atoms with Gasteiger partial charge in [-0.2, -0.15) is 0 Å². The molecule has 0 N–H and O–H groups in total. The van der Waals surface area contributed by atoms with Gasteiger partial charge in [-0.3, -0.25) is 9.69 Å². The average Bonchev–Trinajstić information content (AvgIpc) is 3.03. The van der Waals surface area contributed by atoms with E-state index < -0.39 is 0 Å². The van der Waals surface area contributed by atoms with E-state index in [4.69, 9.17) is 4.74 Å². The molecule has 2 heterocycles. The number of hydrogen-bond acceptors (Lipinski definition) is 4. The van der Waals surface area contributed by atoms with E-state index in [2.05, 4.69) is 67.8 Å². The zero-order chi connectivity index (χ0) is 21.8. The molecule has 2 aliphatic carbocycles. The first-order chi connectivity index (χ1) is 14.9. The molecule has 0 unspecified atom stereocenters. The number of piperazine rings is 1. The predicted octanol–water partition coefficient (Wildman–Crippen LogP) is 4.66. The number of nitrogens with zero attached hydrogens (tertiary/aromatic N) is 2. The zero-order valence-corrected chi connectivity index (χ0v) is 19.5. The lowest BCUT2D eigenvalue weighted by Gasteiger charge is -2.43. The molecule has 0 spiro atoms. The van der Waals surface area contributed by atoms with Gasteiger partial charge in [0.25, 0.3) is 0 Å². The number of carbonyl (C=O) groups excluding carboxylic acids is 1. The number of aryl methyl sites for hydroxylation is 1. The second-order valence-electron chi connectivity index (χ2n) is 10.4. The number of esters is 1. The lowest BCUT2D eigenvalue weighted by Crippen LogP contribution is -2.49. The van der Waals surface area contributed by atoms with Crippen LogP contribution in [0.15, 0.2) is 41.5 Å². The first-order valence-electron chi connectivity index (χ1n) is 12.0. The molecule has 5 rings (SSSR count). The van der Waals surface area contributed by atoms with Gasteiger partial charge in [0, 0.05) is 44.3 Å². The van der Waals surface area contributed by atoms with Crippen molar-refractivity contribution in [1.82, 2.24) is 4.90 Å². The zero-order valence-electron chi connectivity index (χ0n) is 19.5. The van der Waals surface area contributed by atoms with Crippen LogP contribution < -0.4 is 4.90 Å². The second kappa shape index (κ2) is 7.81. The first-order valence-corrected chi connectivity index (χ1v) is 12.0. The Morgan fingerprint density at radius 2 is 1.90 bits per heavy atom. The van der Waals surface area contributed by atoms with Crippen LogP contribution in [0.5, 0.6) is 0 Å². The SMILES string of the molecule is CC1=CCC[C@]2(C)C[C@H]3OC(=O)[C@@H](CN4CCN(c5cccc(C)c5C)CC4)[C@H]3C=C12. The molecule has 1 aromatic carbocycles. The van der Waals surface area contributed by atoms with Crippen molar-refractivity contribution in [2.45, 2.75) is 53.1 Å². The van der Waals surface area contributed by atoms with Crippen LogP contribution in [0.4, 0.5) is 5.69 Å². The third-order valence-electron chi connectivity index (χ3n) is 8.44. The van der Waals surface area contributed by atoms with Crippen molar-refractivity contribution in [3.05, 3.63) is 52.6 Å². The van der Waals surface area contributed by atoms with Gasteiger partial charge in [-0.05, 0) is 68.2 Å². The summed E-state index contributed by atoms with van der Waals surface area (Å²) in [5, 5.41) is 0. The largest absolute Gasteiger partial charge is 0.461 e. The summed E-state index contributed by atoms with van der Waals surface area (Å²) >= 11 is 0. The first kappa shape index (κ1) is 20.8. The highest BCUT2D eigenvalue weighted by Crippen LogP contribution is 2.52. The lowest BCUT2D eigenvalue weighted by molar-refractivity contribution is -0.145. The molecule has 166 valence electrons. The standard InChI is InChI=1S/C27H36N2O2/c1-18-7-5-9-24(20(18)3)29-13-11-28(12-14-29)17-22-21-15-23-19(2)8-6-10-27(23,4)16-25(21)31-26(22)30/h5,7-9,15,21-22,25H,6,10-14,16-17H2,1-4H3/t21-,22+,25-,27-/m1/s1. The minimum Gasteiger partial charge on any atom is -0.461 e. The lowest BCUT2D eigenvalue weighted by atomic mass is 9.62. The summed E-state index contributed by atoms with van der Waals surface area (Å²) in [6.45, 7) is 13.9. The highest BCUT2D eigenvalue weighted by molar-refractivity contribution is 5.76. The van der Waals surface area contributed by atoms with Gasteiger partial charge in [-0.25, -0.2) is 0 Å². The highest BCUT2D eigenvalue weighted by atomic mass is 16.6. The number of carbonyl (C=O) groups is 1. The van der Waals surface area contributed by atoms with Crippen LogP contribution in [0.1, 0.15) is 44.2 Å². The fourth-order valence-electron chi connectivity index (χ4n) is 6.37. The van der Waals surface area contributed by atoms with E-state index in [-0.39, 0.29) is 29.3 Å². The van der Waals surface area contributed by atoms with Crippen molar-refractivity contribution in [3.8, 4) is 0 Å². The van der Waals surface area contributed by atoms with Gasteiger partial charge >= 0.3 is 5.97 Å². The molecule has 2 saturated heterocycles. The summed E-state index contributed by atoms with van der Waals surface area (Å²) in [5.41, 5.74) is 7.15. The van der Waals surface area contributed by atoms with E-state index in [1.165, 1.54) is 34.4 Å². The molecule has 0 bridgehead atoms. The van der Waals surface area contributed by atoms with E-state index in [0.717, 1.165) is 45.6 Å². The van der Waals surface area contributed by atoms with Crippen molar-refractivity contribution in [2.24, 2.45) is 17.3 Å². The molecule has 4 aliphatic rings. The molecule has 2 aliphatic heterocycles. The van der Waals surface area contributed by atoms with Gasteiger partial charge in [-0.1, -0.05) is 36.8 Å². The summed E-state index contributed by atoms with van der Waals surface area (Å²) in [5.74, 6) is 0.228. The Morgan fingerprint density at radius 3 is 2.68 bits per heavy atom. The molecule has 4 atom stereocenters. The van der Waals surface area contributed by atoms with Crippen LogP contribution in [0, 0.1) is 31.1 Å². The molecule has 0 radical (unpaired) electrons. The van der Waals surface area contributed by atoms with E-state index in [0.29, 0.717) is 0 Å². The molecule has 2 fully saturated rings. The summed E-state index contributed by atoms with van der Waals surface area (Å²) in [7, 11) is 0. The van der Waals surface area contributed by atoms with Gasteiger partial charge in [-0.15, -0.1) is 0 Å². The molecule has 4 heteroatoms. The molecule has 0 amide bonds. The minimum atomic E-state index is -0.0240. The van der Waals surface area contributed by atoms with Crippen molar-refractivity contribution in [3.63, 3.8) is 0 Å². The maximum absolute atomic E-state index is 12.9. The Labute approximate surface area is 186 Å². The summed E-state index contributed by atoms with van der Waals surface area (Å²) in [6.07, 6.45) is 8.14. The minimum absolute atomic E-state index is 0.0210. The third-order valence-corrected chi connectivity index (χ3v) is 8.44. The Hall–Kier alpha value is -2.07. The maximum Gasteiger partial charge on any atom is 0.311 e. The number of rotatable bonds is 3. The molecule has 1 aromatic rings. The Morgan fingerprint density at radius 1 is 1.13 bits per heavy atom. The van der Waals surface area contributed by atoms with E-state index in [9.17, 15) is 4.79 Å². The van der Waals surface area contributed by atoms with E-state index in [1.54, 1.807) is 0 Å². The van der Waals surface area contributed by atoms with Crippen LogP contribution >= 0.6 is 0 Å². The van der Waals surface area contributed by atoms with Crippen LogP contribution in [0.2, 0.25) is 0 Å². The normalized spacial score (nSPS) is 33.4. The molecule has 0 saturated carbocycles. The molecular formula is C27H36N2O2. The predicted molar refractivity (Wildman–Crippen MR) is 125 cm³/mol. The van der Waals surface area contributed by atoms with Gasteiger partial charge < -0.3 is 9.64 Å². The Bertz CT molecular complexity index is 941. The molecule has 0 aromatic heterocycles. The van der Waals surface area contributed by atoms with Crippen LogP contribution in [0.3, 0.4) is 0 Å². The smallest absolute Gasteiger partial charge is 0.311 e. The summed E-state index contributed by atoms with van der Waals surface area (Å²) in [4.78, 5) is 17.8.